The van der Waals surface area contributed by atoms with E-state index in [1.54, 1.807) is 12.1 Å². The predicted octanol–water partition coefficient (Wildman–Crippen LogP) is 2.82. The summed E-state index contributed by atoms with van der Waals surface area (Å²) in [6.07, 6.45) is -3.52. The third-order valence-electron chi connectivity index (χ3n) is 4.37. The van der Waals surface area contributed by atoms with Gasteiger partial charge < -0.3 is 5.11 Å². The Morgan fingerprint density at radius 2 is 1.72 bits per heavy atom. The number of aryl methyl sites for hydroxylation is 1. The quantitative estimate of drug-likeness (QED) is 0.869. The number of halogens is 3. The maximum Gasteiger partial charge on any atom is 0.416 e. The number of benzene rings is 2. The van der Waals surface area contributed by atoms with Gasteiger partial charge in [-0.2, -0.15) is 13.2 Å². The highest BCUT2D eigenvalue weighted by atomic mass is 32.2. The molecule has 0 fully saturated rings. The second kappa shape index (κ2) is 6.12. The number of hydrogen-bond donors (Lipinski definition) is 2. The molecule has 1 atom stereocenters. The van der Waals surface area contributed by atoms with Gasteiger partial charge in [-0.25, -0.2) is 13.1 Å². The summed E-state index contributed by atoms with van der Waals surface area (Å²) in [4.78, 5) is -0.282. The van der Waals surface area contributed by atoms with Crippen molar-refractivity contribution in [1.29, 1.82) is 0 Å². The lowest BCUT2D eigenvalue weighted by Crippen LogP contribution is -2.39. The smallest absolute Gasteiger partial charge is 0.384 e. The van der Waals surface area contributed by atoms with Crippen LogP contribution in [-0.4, -0.2) is 20.1 Å². The first kappa shape index (κ1) is 17.9. The molecule has 25 heavy (non-hydrogen) atoms. The molecular formula is C17H16F3NO3S. The number of alkyl halides is 3. The van der Waals surface area contributed by atoms with Crippen LogP contribution in [0.15, 0.2) is 53.4 Å². The first-order valence-electron chi connectivity index (χ1n) is 7.60. The molecule has 0 aliphatic heterocycles. The molecule has 8 heteroatoms. The highest BCUT2D eigenvalue weighted by molar-refractivity contribution is 7.89. The Bertz CT molecular complexity index is 879. The monoisotopic (exact) mass is 371 g/mol. The minimum absolute atomic E-state index is 0.243. The van der Waals surface area contributed by atoms with Crippen LogP contribution in [-0.2, 0) is 28.2 Å². The predicted molar refractivity (Wildman–Crippen MR) is 85.3 cm³/mol. The lowest BCUT2D eigenvalue weighted by atomic mass is 9.96. The van der Waals surface area contributed by atoms with Crippen LogP contribution in [0.4, 0.5) is 13.2 Å². The van der Waals surface area contributed by atoms with E-state index in [4.69, 9.17) is 0 Å². The highest BCUT2D eigenvalue weighted by Crippen LogP contribution is 2.36. The number of fused-ring (bicyclic) bond motifs is 1. The van der Waals surface area contributed by atoms with Crippen molar-refractivity contribution in [3.63, 3.8) is 0 Å². The summed E-state index contributed by atoms with van der Waals surface area (Å²) >= 11 is 0. The summed E-state index contributed by atoms with van der Waals surface area (Å²) < 4.78 is 64.6. The molecule has 2 aromatic carbocycles. The summed E-state index contributed by atoms with van der Waals surface area (Å²) in [5.74, 6) is 0. The van der Waals surface area contributed by atoms with E-state index in [0.717, 1.165) is 17.7 Å². The Labute approximate surface area is 143 Å². The molecular weight excluding hydrogens is 355 g/mol. The standard InChI is InChI=1S/C17H16F3NO3S/c18-17(19,20)13-5-7-14(8-6-13)25(23,24)21-11-16(22)10-9-12-3-1-2-4-15(12)16/h1-8,21-22H,9-11H2. The van der Waals surface area contributed by atoms with Gasteiger partial charge >= 0.3 is 6.18 Å². The molecule has 2 aromatic rings. The van der Waals surface area contributed by atoms with Crippen LogP contribution in [0.5, 0.6) is 0 Å². The SMILES string of the molecule is O=S(=O)(NCC1(O)CCc2ccccc21)c1ccc(C(F)(F)F)cc1. The molecule has 0 saturated heterocycles. The van der Waals surface area contributed by atoms with Crippen molar-refractivity contribution in [2.45, 2.75) is 29.5 Å². The van der Waals surface area contributed by atoms with Gasteiger partial charge in [-0.05, 0) is 48.2 Å². The van der Waals surface area contributed by atoms with Gasteiger partial charge in [0.25, 0.3) is 0 Å². The molecule has 0 bridgehead atoms. The molecule has 134 valence electrons. The molecule has 0 radical (unpaired) electrons. The number of rotatable bonds is 4. The maximum atomic E-state index is 12.6. The summed E-state index contributed by atoms with van der Waals surface area (Å²) in [7, 11) is -4.03. The van der Waals surface area contributed by atoms with Gasteiger partial charge in [0.05, 0.1) is 10.5 Å². The minimum Gasteiger partial charge on any atom is -0.384 e. The van der Waals surface area contributed by atoms with Gasteiger partial charge in [0.15, 0.2) is 0 Å². The fourth-order valence-corrected chi connectivity index (χ4v) is 4.06. The van der Waals surface area contributed by atoms with Crippen LogP contribution in [0.1, 0.15) is 23.1 Å². The number of nitrogens with one attached hydrogen (secondary N) is 1. The molecule has 1 unspecified atom stereocenters. The van der Waals surface area contributed by atoms with Gasteiger partial charge in [-0.15, -0.1) is 0 Å². The number of sulfonamides is 1. The minimum atomic E-state index is -4.53. The van der Waals surface area contributed by atoms with Crippen molar-refractivity contribution in [3.8, 4) is 0 Å². The van der Waals surface area contributed by atoms with E-state index in [9.17, 15) is 26.7 Å². The van der Waals surface area contributed by atoms with E-state index >= 15 is 0 Å². The Morgan fingerprint density at radius 3 is 2.36 bits per heavy atom. The fraction of sp³-hybridized carbons (Fsp3) is 0.294. The van der Waals surface area contributed by atoms with Crippen molar-refractivity contribution < 1.29 is 26.7 Å². The number of aliphatic hydroxyl groups is 1. The van der Waals surface area contributed by atoms with E-state index in [1.807, 2.05) is 12.1 Å². The second-order valence-corrected chi connectivity index (χ2v) is 7.80. The Morgan fingerprint density at radius 1 is 1.08 bits per heavy atom. The van der Waals surface area contributed by atoms with Gasteiger partial charge in [-0.3, -0.25) is 0 Å². The number of hydrogen-bond acceptors (Lipinski definition) is 3. The zero-order chi connectivity index (χ0) is 18.3. The highest BCUT2D eigenvalue weighted by Gasteiger charge is 2.37. The van der Waals surface area contributed by atoms with Crippen LogP contribution in [0, 0.1) is 0 Å². The van der Waals surface area contributed by atoms with Crippen molar-refractivity contribution in [3.05, 3.63) is 65.2 Å². The normalized spacial score (nSPS) is 20.5. The van der Waals surface area contributed by atoms with Crippen LogP contribution < -0.4 is 4.72 Å². The molecule has 0 spiro atoms. The van der Waals surface area contributed by atoms with Crippen LogP contribution >= 0.6 is 0 Å². The average molecular weight is 371 g/mol. The summed E-state index contributed by atoms with van der Waals surface area (Å²) in [5.41, 5.74) is -0.617. The van der Waals surface area contributed by atoms with Gasteiger partial charge in [0.1, 0.15) is 5.60 Å². The average Bonchev–Trinajstić information content (AvgIpc) is 2.91. The molecule has 2 N–H and O–H groups in total. The topological polar surface area (TPSA) is 66.4 Å². The van der Waals surface area contributed by atoms with E-state index in [1.165, 1.54) is 0 Å². The molecule has 0 saturated carbocycles. The van der Waals surface area contributed by atoms with Gasteiger partial charge in [0.2, 0.25) is 10.0 Å². The zero-order valence-corrected chi connectivity index (χ0v) is 13.9. The second-order valence-electron chi connectivity index (χ2n) is 6.04. The van der Waals surface area contributed by atoms with E-state index < -0.39 is 27.4 Å². The Hall–Kier alpha value is -1.90. The molecule has 0 heterocycles. The third-order valence-corrected chi connectivity index (χ3v) is 5.79. The molecule has 0 amide bonds. The first-order chi connectivity index (χ1) is 11.6. The Kier molecular flexibility index (Phi) is 4.38. The first-order valence-corrected chi connectivity index (χ1v) is 9.08. The van der Waals surface area contributed by atoms with Crippen LogP contribution in [0.2, 0.25) is 0 Å². The Balaban J connectivity index is 1.77. The maximum absolute atomic E-state index is 12.6. The molecule has 1 aliphatic rings. The van der Waals surface area contributed by atoms with Crippen molar-refractivity contribution in [2.75, 3.05) is 6.54 Å². The van der Waals surface area contributed by atoms with Crippen molar-refractivity contribution >= 4 is 10.0 Å². The van der Waals surface area contributed by atoms with Gasteiger partial charge in [0, 0.05) is 6.54 Å². The van der Waals surface area contributed by atoms with Crippen molar-refractivity contribution in [1.82, 2.24) is 4.72 Å². The summed E-state index contributed by atoms with van der Waals surface area (Å²) in [5, 5.41) is 10.7. The van der Waals surface area contributed by atoms with E-state index in [2.05, 4.69) is 4.72 Å². The lowest BCUT2D eigenvalue weighted by Gasteiger charge is -2.24. The summed E-state index contributed by atoms with van der Waals surface area (Å²) in [6.45, 7) is -0.243. The van der Waals surface area contributed by atoms with Gasteiger partial charge in [-0.1, -0.05) is 24.3 Å². The molecule has 0 aromatic heterocycles. The zero-order valence-electron chi connectivity index (χ0n) is 13.0. The largest absolute Gasteiger partial charge is 0.416 e. The fourth-order valence-electron chi connectivity index (χ4n) is 2.97. The molecule has 4 nitrogen and oxygen atoms in total. The van der Waals surface area contributed by atoms with Crippen LogP contribution in [0.25, 0.3) is 0 Å². The molecule has 3 rings (SSSR count). The molecule has 1 aliphatic carbocycles. The van der Waals surface area contributed by atoms with Crippen molar-refractivity contribution in [2.24, 2.45) is 0 Å². The third kappa shape index (κ3) is 3.56. The van der Waals surface area contributed by atoms with E-state index in [0.29, 0.717) is 30.5 Å². The van der Waals surface area contributed by atoms with Crippen LogP contribution in [0.3, 0.4) is 0 Å². The lowest BCUT2D eigenvalue weighted by molar-refractivity contribution is -0.137. The van der Waals surface area contributed by atoms with E-state index in [-0.39, 0.29) is 11.4 Å². The summed E-state index contributed by atoms with van der Waals surface area (Å²) in [6, 6.07) is 10.5.